The second-order valence-electron chi connectivity index (χ2n) is 5.99. The lowest BCUT2D eigenvalue weighted by Gasteiger charge is -2.24. The zero-order chi connectivity index (χ0) is 13.0. The molecule has 104 valence electrons. The number of rotatable bonds is 5. The largest absolute Gasteiger partial charge is 0.363 e. The Bertz CT molecular complexity index is 285. The quantitative estimate of drug-likeness (QED) is 0.831. The van der Waals surface area contributed by atoms with E-state index in [0.29, 0.717) is 11.3 Å². The molecule has 0 bridgehead atoms. The smallest absolute Gasteiger partial charge is 0.156 e. The van der Waals surface area contributed by atoms with Crippen LogP contribution in [0.4, 0.5) is 0 Å². The predicted octanol–water partition coefficient (Wildman–Crippen LogP) is 2.58. The molecular weight excluding hydrogens is 242 g/mol. The number of likely N-dealkylation sites (tertiary alicyclic amines) is 1. The van der Waals surface area contributed by atoms with Crippen molar-refractivity contribution in [3.8, 4) is 0 Å². The van der Waals surface area contributed by atoms with Crippen LogP contribution in [-0.4, -0.2) is 47.5 Å². The van der Waals surface area contributed by atoms with Gasteiger partial charge in [0.25, 0.3) is 0 Å². The van der Waals surface area contributed by atoms with Crippen molar-refractivity contribution < 1.29 is 0 Å². The monoisotopic (exact) mass is 269 g/mol. The van der Waals surface area contributed by atoms with Gasteiger partial charge in [0, 0.05) is 17.8 Å². The van der Waals surface area contributed by atoms with E-state index in [1.807, 2.05) is 11.8 Å². The third kappa shape index (κ3) is 4.16. The van der Waals surface area contributed by atoms with Gasteiger partial charge in [-0.05, 0) is 45.2 Å². The van der Waals surface area contributed by atoms with Gasteiger partial charge in [0.15, 0.2) is 5.17 Å². The highest BCUT2D eigenvalue weighted by molar-refractivity contribution is 8.14. The van der Waals surface area contributed by atoms with Gasteiger partial charge in [-0.1, -0.05) is 25.6 Å². The normalized spacial score (nSPS) is 26.7. The molecule has 2 rings (SSSR count). The number of hydrogen-bond donors (Lipinski definition) is 1. The fourth-order valence-corrected chi connectivity index (χ4v) is 3.97. The maximum Gasteiger partial charge on any atom is 0.156 e. The Labute approximate surface area is 116 Å². The van der Waals surface area contributed by atoms with Crippen molar-refractivity contribution in [3.63, 3.8) is 0 Å². The fourth-order valence-electron chi connectivity index (χ4n) is 2.71. The van der Waals surface area contributed by atoms with Gasteiger partial charge in [-0.25, -0.2) is 0 Å². The predicted molar refractivity (Wildman–Crippen MR) is 81.4 cm³/mol. The maximum absolute atomic E-state index is 4.62. The third-order valence-corrected chi connectivity index (χ3v) is 4.94. The van der Waals surface area contributed by atoms with Gasteiger partial charge < -0.3 is 5.32 Å². The minimum atomic E-state index is 0.639. The highest BCUT2D eigenvalue weighted by Crippen LogP contribution is 2.25. The van der Waals surface area contributed by atoms with E-state index in [2.05, 4.69) is 36.0 Å². The zero-order valence-electron chi connectivity index (χ0n) is 12.0. The Balaban J connectivity index is 1.65. The first-order chi connectivity index (χ1) is 8.65. The maximum atomic E-state index is 4.62. The van der Waals surface area contributed by atoms with Crippen LogP contribution in [0, 0.1) is 5.92 Å². The molecule has 2 aliphatic heterocycles. The van der Waals surface area contributed by atoms with Crippen molar-refractivity contribution in [1.82, 2.24) is 10.2 Å². The number of nitrogens with one attached hydrogen (secondary N) is 1. The molecular formula is C14H27N3S. The van der Waals surface area contributed by atoms with Crippen LogP contribution < -0.4 is 5.32 Å². The summed E-state index contributed by atoms with van der Waals surface area (Å²) in [5, 5.41) is 5.41. The summed E-state index contributed by atoms with van der Waals surface area (Å²) in [5.74, 6) is 0.778. The summed E-state index contributed by atoms with van der Waals surface area (Å²) in [7, 11) is 0. The molecule has 0 amide bonds. The lowest BCUT2D eigenvalue weighted by molar-refractivity contribution is 0.259. The third-order valence-electron chi connectivity index (χ3n) is 3.76. The van der Waals surface area contributed by atoms with Crippen LogP contribution in [0.3, 0.4) is 0 Å². The van der Waals surface area contributed by atoms with Crippen molar-refractivity contribution in [1.29, 1.82) is 0 Å². The zero-order valence-corrected chi connectivity index (χ0v) is 12.8. The van der Waals surface area contributed by atoms with E-state index in [1.54, 1.807) is 0 Å². The van der Waals surface area contributed by atoms with E-state index in [4.69, 9.17) is 0 Å². The molecule has 0 aromatic rings. The SMILES string of the molecule is CC(C)CC1CN=C(NCC(C)N2CCCC2)S1. The molecule has 0 saturated carbocycles. The molecule has 1 N–H and O–H groups in total. The van der Waals surface area contributed by atoms with Crippen molar-refractivity contribution in [2.24, 2.45) is 10.9 Å². The molecule has 4 heteroatoms. The minimum Gasteiger partial charge on any atom is -0.363 e. The second kappa shape index (κ2) is 6.80. The number of aliphatic imine (C=N–C) groups is 1. The van der Waals surface area contributed by atoms with E-state index in [0.717, 1.165) is 19.0 Å². The van der Waals surface area contributed by atoms with Gasteiger partial charge in [-0.2, -0.15) is 0 Å². The lowest BCUT2D eigenvalue weighted by Crippen LogP contribution is -2.39. The van der Waals surface area contributed by atoms with Crippen molar-refractivity contribution >= 4 is 16.9 Å². The van der Waals surface area contributed by atoms with Crippen molar-refractivity contribution in [2.45, 2.75) is 51.3 Å². The van der Waals surface area contributed by atoms with Gasteiger partial charge >= 0.3 is 0 Å². The Morgan fingerprint density at radius 3 is 2.72 bits per heavy atom. The standard InChI is InChI=1S/C14H27N3S/c1-11(2)8-13-10-16-14(18-13)15-9-12(3)17-6-4-5-7-17/h11-13H,4-10H2,1-3H3,(H,15,16). The lowest BCUT2D eigenvalue weighted by atomic mass is 10.1. The number of thioether (sulfide) groups is 1. The Morgan fingerprint density at radius 1 is 1.33 bits per heavy atom. The molecule has 2 aliphatic rings. The topological polar surface area (TPSA) is 27.6 Å². The first kappa shape index (κ1) is 14.2. The van der Waals surface area contributed by atoms with E-state index in [9.17, 15) is 0 Å². The summed E-state index contributed by atoms with van der Waals surface area (Å²) in [5.41, 5.74) is 0. The summed E-state index contributed by atoms with van der Waals surface area (Å²) in [6.45, 7) is 11.5. The van der Waals surface area contributed by atoms with E-state index < -0.39 is 0 Å². The molecule has 2 heterocycles. The van der Waals surface area contributed by atoms with Crippen LogP contribution in [0.15, 0.2) is 4.99 Å². The van der Waals surface area contributed by atoms with E-state index in [-0.39, 0.29) is 0 Å². The van der Waals surface area contributed by atoms with Crippen LogP contribution >= 0.6 is 11.8 Å². The Hall–Kier alpha value is -0.220. The van der Waals surface area contributed by atoms with Gasteiger partial charge in [0.05, 0.1) is 6.54 Å². The van der Waals surface area contributed by atoms with Crippen LogP contribution in [0.5, 0.6) is 0 Å². The molecule has 3 nitrogen and oxygen atoms in total. The Morgan fingerprint density at radius 2 is 2.06 bits per heavy atom. The van der Waals surface area contributed by atoms with Crippen molar-refractivity contribution in [3.05, 3.63) is 0 Å². The van der Waals surface area contributed by atoms with Crippen LogP contribution in [0.2, 0.25) is 0 Å². The van der Waals surface area contributed by atoms with Crippen LogP contribution in [-0.2, 0) is 0 Å². The summed E-state index contributed by atoms with van der Waals surface area (Å²) < 4.78 is 0. The second-order valence-corrected chi connectivity index (χ2v) is 7.28. The molecule has 0 aromatic heterocycles. The number of hydrogen-bond acceptors (Lipinski definition) is 4. The molecule has 1 saturated heterocycles. The van der Waals surface area contributed by atoms with Gasteiger partial charge in [0.1, 0.15) is 0 Å². The molecule has 18 heavy (non-hydrogen) atoms. The van der Waals surface area contributed by atoms with Gasteiger partial charge in [-0.15, -0.1) is 0 Å². The first-order valence-electron chi connectivity index (χ1n) is 7.34. The molecule has 0 spiro atoms. The summed E-state index contributed by atoms with van der Waals surface area (Å²) >= 11 is 1.94. The van der Waals surface area contributed by atoms with E-state index in [1.165, 1.54) is 37.5 Å². The highest BCUT2D eigenvalue weighted by atomic mass is 32.2. The van der Waals surface area contributed by atoms with Crippen molar-refractivity contribution in [2.75, 3.05) is 26.2 Å². The molecule has 2 atom stereocenters. The average Bonchev–Trinajstić information content (AvgIpc) is 2.95. The molecule has 0 radical (unpaired) electrons. The summed E-state index contributed by atoms with van der Waals surface area (Å²) in [6.07, 6.45) is 4.02. The van der Waals surface area contributed by atoms with Crippen LogP contribution in [0.25, 0.3) is 0 Å². The Kier molecular flexibility index (Phi) is 5.37. The molecule has 0 aliphatic carbocycles. The number of amidine groups is 1. The van der Waals surface area contributed by atoms with E-state index >= 15 is 0 Å². The summed E-state index contributed by atoms with van der Waals surface area (Å²) in [4.78, 5) is 7.20. The first-order valence-corrected chi connectivity index (χ1v) is 8.22. The van der Waals surface area contributed by atoms with Gasteiger partial charge in [-0.3, -0.25) is 9.89 Å². The minimum absolute atomic E-state index is 0.639. The summed E-state index contributed by atoms with van der Waals surface area (Å²) in [6, 6.07) is 0.639. The molecule has 1 fully saturated rings. The van der Waals surface area contributed by atoms with Gasteiger partial charge in [0.2, 0.25) is 0 Å². The number of nitrogens with zero attached hydrogens (tertiary/aromatic N) is 2. The highest BCUT2D eigenvalue weighted by Gasteiger charge is 2.22. The van der Waals surface area contributed by atoms with Crippen LogP contribution in [0.1, 0.15) is 40.0 Å². The molecule has 0 aromatic carbocycles. The molecule has 2 unspecified atom stereocenters. The average molecular weight is 269 g/mol. The fraction of sp³-hybridized carbons (Fsp3) is 0.929.